The van der Waals surface area contributed by atoms with Gasteiger partial charge in [0.15, 0.2) is 5.75 Å². The van der Waals surface area contributed by atoms with Crippen LogP contribution in [0.4, 0.5) is 11.4 Å². The van der Waals surface area contributed by atoms with Crippen molar-refractivity contribution in [3.63, 3.8) is 0 Å². The summed E-state index contributed by atoms with van der Waals surface area (Å²) in [5.74, 6) is -0.254. The van der Waals surface area contributed by atoms with Crippen molar-refractivity contribution in [3.8, 4) is 17.2 Å². The molecule has 0 atom stereocenters. The molecule has 120 valence electrons. The lowest BCUT2D eigenvalue weighted by atomic mass is 10.1. The minimum atomic E-state index is -0.215. The average molecular weight is 296 g/mol. The molecule has 0 aromatic heterocycles. The maximum absolute atomic E-state index is 9.53. The van der Waals surface area contributed by atoms with E-state index < -0.39 is 0 Å². The van der Waals surface area contributed by atoms with Gasteiger partial charge in [0.05, 0.1) is 6.61 Å². The Balaban J connectivity index is 2.24. The van der Waals surface area contributed by atoms with E-state index in [0.29, 0.717) is 6.61 Å². The van der Waals surface area contributed by atoms with Gasteiger partial charge in [-0.25, -0.2) is 0 Å². The number of nitrogens with two attached hydrogens (primary N) is 2. The van der Waals surface area contributed by atoms with Crippen LogP contribution in [0.3, 0.4) is 0 Å². The number of phenolic OH excluding ortho intramolecular Hbond substituents is 2. The number of phenols is 2. The lowest BCUT2D eigenvalue weighted by Gasteiger charge is -2.13. The van der Waals surface area contributed by atoms with Crippen molar-refractivity contribution in [2.45, 2.75) is 58.3 Å². The van der Waals surface area contributed by atoms with E-state index in [4.69, 9.17) is 16.2 Å². The molecule has 1 aromatic carbocycles. The Hall–Kier alpha value is -1.78. The van der Waals surface area contributed by atoms with Crippen LogP contribution in [-0.2, 0) is 0 Å². The Morgan fingerprint density at radius 1 is 0.857 bits per heavy atom. The number of hydrogen-bond donors (Lipinski definition) is 4. The number of rotatable bonds is 10. The predicted molar refractivity (Wildman–Crippen MR) is 86.7 cm³/mol. The molecule has 0 fully saturated rings. The molecule has 5 nitrogen and oxygen atoms in total. The summed E-state index contributed by atoms with van der Waals surface area (Å²) in [6, 6.07) is 1.12. The Morgan fingerprint density at radius 3 is 1.86 bits per heavy atom. The SMILES string of the molecule is CCCCCCCCCCOc1c(N)c(O)cc(O)c1N. The number of hydrogen-bond acceptors (Lipinski definition) is 5. The van der Waals surface area contributed by atoms with E-state index in [1.807, 2.05) is 0 Å². The number of aromatic hydroxyl groups is 2. The zero-order valence-corrected chi connectivity index (χ0v) is 12.9. The summed E-state index contributed by atoms with van der Waals surface area (Å²) in [6.07, 6.45) is 9.67. The Morgan fingerprint density at radius 2 is 1.33 bits per heavy atom. The molecule has 5 heteroatoms. The van der Waals surface area contributed by atoms with E-state index in [-0.39, 0.29) is 28.6 Å². The second kappa shape index (κ2) is 9.21. The summed E-state index contributed by atoms with van der Waals surface area (Å²) in [5, 5.41) is 19.1. The van der Waals surface area contributed by atoms with Gasteiger partial charge in [-0.1, -0.05) is 51.9 Å². The highest BCUT2D eigenvalue weighted by Gasteiger charge is 2.14. The highest BCUT2D eigenvalue weighted by molar-refractivity contribution is 5.78. The van der Waals surface area contributed by atoms with Crippen molar-refractivity contribution in [1.82, 2.24) is 0 Å². The first-order chi connectivity index (χ1) is 10.1. The first-order valence-electron chi connectivity index (χ1n) is 7.80. The molecule has 6 N–H and O–H groups in total. The van der Waals surface area contributed by atoms with Crippen LogP contribution < -0.4 is 16.2 Å². The van der Waals surface area contributed by atoms with Gasteiger partial charge in [0, 0.05) is 6.07 Å². The van der Waals surface area contributed by atoms with Gasteiger partial charge >= 0.3 is 0 Å². The molecule has 0 spiro atoms. The summed E-state index contributed by atoms with van der Waals surface area (Å²) in [4.78, 5) is 0. The van der Waals surface area contributed by atoms with Gasteiger partial charge in [0.1, 0.15) is 22.9 Å². The van der Waals surface area contributed by atoms with E-state index in [1.165, 1.54) is 38.5 Å². The first kappa shape index (κ1) is 17.3. The molecule has 0 aliphatic carbocycles. The maximum Gasteiger partial charge on any atom is 0.172 e. The van der Waals surface area contributed by atoms with Gasteiger partial charge in [0.2, 0.25) is 0 Å². The summed E-state index contributed by atoms with van der Waals surface area (Å²) in [7, 11) is 0. The van der Waals surface area contributed by atoms with Gasteiger partial charge < -0.3 is 26.4 Å². The minimum absolute atomic E-state index is 0.0739. The summed E-state index contributed by atoms with van der Waals surface area (Å²) < 4.78 is 5.50. The summed E-state index contributed by atoms with van der Waals surface area (Å²) in [6.45, 7) is 2.69. The fraction of sp³-hybridized carbons (Fsp3) is 0.625. The van der Waals surface area contributed by atoms with Crippen LogP contribution in [0.5, 0.6) is 17.2 Å². The van der Waals surface area contributed by atoms with Crippen LogP contribution in [0, 0.1) is 0 Å². The fourth-order valence-electron chi connectivity index (χ4n) is 2.23. The Bertz CT molecular complexity index is 410. The largest absolute Gasteiger partial charge is 0.505 e. The predicted octanol–water partition coefficient (Wildman–Crippen LogP) is 3.78. The van der Waals surface area contributed by atoms with Crippen molar-refractivity contribution in [1.29, 1.82) is 0 Å². The van der Waals surface area contributed by atoms with Crippen molar-refractivity contribution in [3.05, 3.63) is 6.07 Å². The minimum Gasteiger partial charge on any atom is -0.505 e. The zero-order valence-electron chi connectivity index (χ0n) is 12.9. The van der Waals surface area contributed by atoms with Crippen LogP contribution in [-0.4, -0.2) is 16.8 Å². The third-order valence-corrected chi connectivity index (χ3v) is 3.56. The second-order valence-electron chi connectivity index (χ2n) is 5.39. The highest BCUT2D eigenvalue weighted by atomic mass is 16.5. The molecule has 1 rings (SSSR count). The van der Waals surface area contributed by atoms with Gasteiger partial charge in [-0.05, 0) is 6.42 Å². The van der Waals surface area contributed by atoms with Gasteiger partial charge in [-0.2, -0.15) is 0 Å². The van der Waals surface area contributed by atoms with Crippen molar-refractivity contribution in [2.24, 2.45) is 0 Å². The molecule has 0 saturated carbocycles. The van der Waals surface area contributed by atoms with Crippen molar-refractivity contribution < 1.29 is 14.9 Å². The lowest BCUT2D eigenvalue weighted by Crippen LogP contribution is -2.04. The quantitative estimate of drug-likeness (QED) is 0.228. The first-order valence-corrected chi connectivity index (χ1v) is 7.80. The number of ether oxygens (including phenoxy) is 1. The Kier molecular flexibility index (Phi) is 7.58. The molecule has 0 aliphatic heterocycles. The van der Waals surface area contributed by atoms with E-state index in [1.54, 1.807) is 0 Å². The molecule has 0 unspecified atom stereocenters. The van der Waals surface area contributed by atoms with Gasteiger partial charge in [0.25, 0.3) is 0 Å². The third kappa shape index (κ3) is 5.61. The monoisotopic (exact) mass is 296 g/mol. The molecule has 1 aromatic rings. The van der Waals surface area contributed by atoms with Gasteiger partial charge in [-0.15, -0.1) is 0 Å². The molecular formula is C16H28N2O3. The van der Waals surface area contributed by atoms with Crippen LogP contribution >= 0.6 is 0 Å². The number of benzene rings is 1. The van der Waals surface area contributed by atoms with Gasteiger partial charge in [-0.3, -0.25) is 0 Å². The number of unbranched alkanes of at least 4 members (excludes halogenated alkanes) is 7. The fourth-order valence-corrected chi connectivity index (χ4v) is 2.23. The third-order valence-electron chi connectivity index (χ3n) is 3.56. The highest BCUT2D eigenvalue weighted by Crippen LogP contribution is 2.42. The number of nitrogen functional groups attached to an aromatic ring is 2. The molecule has 0 bridgehead atoms. The maximum atomic E-state index is 9.53. The molecule has 0 aliphatic rings. The van der Waals surface area contributed by atoms with E-state index in [2.05, 4.69) is 6.92 Å². The molecule has 0 saturated heterocycles. The van der Waals surface area contributed by atoms with E-state index >= 15 is 0 Å². The zero-order chi connectivity index (χ0) is 15.7. The molecule has 0 amide bonds. The summed E-state index contributed by atoms with van der Waals surface area (Å²) in [5.41, 5.74) is 11.5. The molecule has 0 radical (unpaired) electrons. The Labute approximate surface area is 126 Å². The normalized spacial score (nSPS) is 10.7. The van der Waals surface area contributed by atoms with Crippen molar-refractivity contribution in [2.75, 3.05) is 18.1 Å². The number of anilines is 2. The topological polar surface area (TPSA) is 102 Å². The van der Waals surface area contributed by atoms with Crippen LogP contribution in [0.2, 0.25) is 0 Å². The molecular weight excluding hydrogens is 268 g/mol. The average Bonchev–Trinajstić information content (AvgIpc) is 2.46. The van der Waals surface area contributed by atoms with E-state index in [9.17, 15) is 10.2 Å². The smallest absolute Gasteiger partial charge is 0.172 e. The van der Waals surface area contributed by atoms with Crippen LogP contribution in [0.1, 0.15) is 58.3 Å². The van der Waals surface area contributed by atoms with Crippen LogP contribution in [0.25, 0.3) is 0 Å². The molecule has 21 heavy (non-hydrogen) atoms. The van der Waals surface area contributed by atoms with E-state index in [0.717, 1.165) is 18.9 Å². The summed E-state index contributed by atoms with van der Waals surface area (Å²) >= 11 is 0. The van der Waals surface area contributed by atoms with Crippen molar-refractivity contribution >= 4 is 11.4 Å². The van der Waals surface area contributed by atoms with Crippen LogP contribution in [0.15, 0.2) is 6.07 Å². The lowest BCUT2D eigenvalue weighted by molar-refractivity contribution is 0.304. The second-order valence-corrected chi connectivity index (χ2v) is 5.39. The molecule has 0 heterocycles. The standard InChI is InChI=1S/C16H28N2O3/c1-2-3-4-5-6-7-8-9-10-21-16-14(17)12(19)11-13(20)15(16)18/h11,19-20H,2-10,17-18H2,1H3.